The summed E-state index contributed by atoms with van der Waals surface area (Å²) in [5, 5.41) is 0. The summed E-state index contributed by atoms with van der Waals surface area (Å²) in [7, 11) is 0. The normalized spacial score (nSPS) is 12.4. The van der Waals surface area contributed by atoms with Crippen molar-refractivity contribution in [2.75, 3.05) is 6.54 Å². The van der Waals surface area contributed by atoms with Crippen molar-refractivity contribution in [3.8, 4) is 0 Å². The third-order valence-electron chi connectivity index (χ3n) is 3.55. The Morgan fingerprint density at radius 3 is 2.37 bits per heavy atom. The van der Waals surface area contributed by atoms with Crippen molar-refractivity contribution in [3.63, 3.8) is 0 Å². The number of hydrogen-bond donors (Lipinski definition) is 1. The van der Waals surface area contributed by atoms with Crippen LogP contribution in [0.5, 0.6) is 0 Å². The molecule has 0 saturated heterocycles. The molecule has 0 aliphatic carbocycles. The minimum absolute atomic E-state index is 0.390. The van der Waals surface area contributed by atoms with Gasteiger partial charge in [-0.1, -0.05) is 51.8 Å². The van der Waals surface area contributed by atoms with Crippen LogP contribution in [0.1, 0.15) is 28.2 Å². The molecule has 0 aromatic heterocycles. The van der Waals surface area contributed by atoms with Crippen molar-refractivity contribution in [2.24, 2.45) is 5.73 Å². The summed E-state index contributed by atoms with van der Waals surface area (Å²) >= 11 is 3.47. The van der Waals surface area contributed by atoms with Gasteiger partial charge in [0.25, 0.3) is 0 Å². The van der Waals surface area contributed by atoms with Crippen LogP contribution in [0.2, 0.25) is 0 Å². The zero-order chi connectivity index (χ0) is 13.8. The highest BCUT2D eigenvalue weighted by molar-refractivity contribution is 9.10. The first-order chi connectivity index (χ1) is 9.10. The Labute approximate surface area is 124 Å². The second-order valence-corrected chi connectivity index (χ2v) is 6.04. The molecule has 1 unspecified atom stereocenters. The van der Waals surface area contributed by atoms with Crippen LogP contribution in [-0.4, -0.2) is 6.54 Å². The minimum Gasteiger partial charge on any atom is -0.330 e. The Balaban J connectivity index is 2.24. The molecule has 2 heteroatoms. The fraction of sp³-hybridized carbons (Fsp3) is 0.294. The lowest BCUT2D eigenvalue weighted by molar-refractivity contribution is 0.689. The van der Waals surface area contributed by atoms with Gasteiger partial charge >= 0.3 is 0 Å². The van der Waals surface area contributed by atoms with E-state index in [1.165, 1.54) is 22.3 Å². The van der Waals surface area contributed by atoms with Crippen molar-refractivity contribution < 1.29 is 0 Å². The molecule has 0 saturated carbocycles. The lowest BCUT2D eigenvalue weighted by Crippen LogP contribution is -2.16. The van der Waals surface area contributed by atoms with Crippen LogP contribution in [0, 0.1) is 13.8 Å². The van der Waals surface area contributed by atoms with E-state index in [1.807, 2.05) is 0 Å². The molecule has 0 radical (unpaired) electrons. The molecule has 19 heavy (non-hydrogen) atoms. The maximum atomic E-state index is 5.99. The molecular formula is C17H20BrN. The van der Waals surface area contributed by atoms with Gasteiger partial charge in [0, 0.05) is 10.4 Å². The fourth-order valence-corrected chi connectivity index (χ4v) is 2.69. The topological polar surface area (TPSA) is 26.0 Å². The van der Waals surface area contributed by atoms with Crippen LogP contribution in [0.4, 0.5) is 0 Å². The smallest absolute Gasteiger partial charge is 0.0175 e. The Bertz CT molecular complexity index is 546. The lowest BCUT2D eigenvalue weighted by Gasteiger charge is -2.18. The van der Waals surface area contributed by atoms with Crippen LogP contribution < -0.4 is 5.73 Å². The summed E-state index contributed by atoms with van der Waals surface area (Å²) in [6, 6.07) is 15.1. The SMILES string of the molecule is Cc1ccc(C)c(C(CN)Cc2ccc(Br)cc2)c1. The van der Waals surface area contributed by atoms with E-state index in [-0.39, 0.29) is 0 Å². The van der Waals surface area contributed by atoms with Crippen LogP contribution >= 0.6 is 15.9 Å². The van der Waals surface area contributed by atoms with Gasteiger partial charge < -0.3 is 5.73 Å². The van der Waals surface area contributed by atoms with Crippen molar-refractivity contribution in [3.05, 3.63) is 69.2 Å². The average Bonchev–Trinajstić information content (AvgIpc) is 2.41. The summed E-state index contributed by atoms with van der Waals surface area (Å²) < 4.78 is 1.12. The van der Waals surface area contributed by atoms with Crippen molar-refractivity contribution >= 4 is 15.9 Å². The molecule has 100 valence electrons. The molecule has 0 heterocycles. The van der Waals surface area contributed by atoms with Crippen molar-refractivity contribution in [1.82, 2.24) is 0 Å². The van der Waals surface area contributed by atoms with Gasteiger partial charge in [-0.25, -0.2) is 0 Å². The largest absolute Gasteiger partial charge is 0.330 e. The third-order valence-corrected chi connectivity index (χ3v) is 4.08. The van der Waals surface area contributed by atoms with Gasteiger partial charge in [0.2, 0.25) is 0 Å². The highest BCUT2D eigenvalue weighted by atomic mass is 79.9. The van der Waals surface area contributed by atoms with Crippen molar-refractivity contribution in [1.29, 1.82) is 0 Å². The van der Waals surface area contributed by atoms with Gasteiger partial charge in [-0.05, 0) is 55.6 Å². The first-order valence-corrected chi connectivity index (χ1v) is 7.41. The van der Waals surface area contributed by atoms with Gasteiger partial charge in [0.15, 0.2) is 0 Å². The maximum absolute atomic E-state index is 5.99. The number of aryl methyl sites for hydroxylation is 2. The Morgan fingerprint density at radius 2 is 1.74 bits per heavy atom. The van der Waals surface area contributed by atoms with E-state index in [1.54, 1.807) is 0 Å². The molecule has 0 fully saturated rings. The number of nitrogens with two attached hydrogens (primary N) is 1. The van der Waals surface area contributed by atoms with Gasteiger partial charge in [-0.2, -0.15) is 0 Å². The maximum Gasteiger partial charge on any atom is 0.0175 e. The van der Waals surface area contributed by atoms with Gasteiger partial charge in [0.1, 0.15) is 0 Å². The number of benzene rings is 2. The van der Waals surface area contributed by atoms with Gasteiger partial charge in [-0.15, -0.1) is 0 Å². The van der Waals surface area contributed by atoms with E-state index in [9.17, 15) is 0 Å². The number of hydrogen-bond acceptors (Lipinski definition) is 1. The highest BCUT2D eigenvalue weighted by Gasteiger charge is 2.13. The van der Waals surface area contributed by atoms with E-state index >= 15 is 0 Å². The molecule has 0 bridgehead atoms. The van der Waals surface area contributed by atoms with Crippen LogP contribution in [0.25, 0.3) is 0 Å². The Hall–Kier alpha value is -1.12. The molecule has 0 spiro atoms. The zero-order valence-electron chi connectivity index (χ0n) is 11.5. The summed E-state index contributed by atoms with van der Waals surface area (Å²) in [6.45, 7) is 4.98. The van der Waals surface area contributed by atoms with Crippen LogP contribution in [0.15, 0.2) is 46.9 Å². The second-order valence-electron chi connectivity index (χ2n) is 5.12. The monoisotopic (exact) mass is 317 g/mol. The lowest BCUT2D eigenvalue weighted by atomic mass is 9.88. The average molecular weight is 318 g/mol. The predicted molar refractivity (Wildman–Crippen MR) is 85.6 cm³/mol. The highest BCUT2D eigenvalue weighted by Crippen LogP contribution is 2.25. The van der Waals surface area contributed by atoms with Crippen LogP contribution in [-0.2, 0) is 6.42 Å². The van der Waals surface area contributed by atoms with Gasteiger partial charge in [0.05, 0.1) is 0 Å². The standard InChI is InChI=1S/C17H20BrN/c1-12-3-4-13(2)17(9-12)15(11-19)10-14-5-7-16(18)8-6-14/h3-9,15H,10-11,19H2,1-2H3. The summed E-state index contributed by atoms with van der Waals surface area (Å²) in [4.78, 5) is 0. The fourth-order valence-electron chi connectivity index (χ4n) is 2.42. The predicted octanol–water partition coefficient (Wildman–Crippen LogP) is 4.35. The molecule has 2 aromatic rings. The first-order valence-electron chi connectivity index (χ1n) is 6.62. The van der Waals surface area contributed by atoms with Crippen molar-refractivity contribution in [2.45, 2.75) is 26.2 Å². The number of rotatable bonds is 4. The molecule has 0 aliphatic rings. The molecule has 2 aromatic carbocycles. The molecular weight excluding hydrogens is 298 g/mol. The molecule has 1 nitrogen and oxygen atoms in total. The Morgan fingerprint density at radius 1 is 1.05 bits per heavy atom. The van der Waals surface area contributed by atoms with Crippen LogP contribution in [0.3, 0.4) is 0 Å². The van der Waals surface area contributed by atoms with E-state index in [0.717, 1.165) is 10.9 Å². The zero-order valence-corrected chi connectivity index (χ0v) is 13.1. The quantitative estimate of drug-likeness (QED) is 0.891. The van der Waals surface area contributed by atoms with E-state index in [2.05, 4.69) is 72.2 Å². The molecule has 1 atom stereocenters. The summed E-state index contributed by atoms with van der Waals surface area (Å²) in [5.41, 5.74) is 11.3. The second kappa shape index (κ2) is 6.36. The van der Waals surface area contributed by atoms with E-state index < -0.39 is 0 Å². The molecule has 0 aliphatic heterocycles. The Kier molecular flexibility index (Phi) is 4.78. The van der Waals surface area contributed by atoms with E-state index in [0.29, 0.717) is 12.5 Å². The molecule has 2 rings (SSSR count). The number of halogens is 1. The molecule has 2 N–H and O–H groups in total. The third kappa shape index (κ3) is 3.68. The van der Waals surface area contributed by atoms with E-state index in [4.69, 9.17) is 5.73 Å². The first kappa shape index (κ1) is 14.3. The summed E-state index contributed by atoms with van der Waals surface area (Å²) in [6.07, 6.45) is 0.994. The van der Waals surface area contributed by atoms with Gasteiger partial charge in [-0.3, -0.25) is 0 Å². The summed E-state index contributed by atoms with van der Waals surface area (Å²) in [5.74, 6) is 0.390. The molecule has 0 amide bonds. The minimum atomic E-state index is 0.390.